The van der Waals surface area contributed by atoms with E-state index in [-0.39, 0.29) is 5.97 Å². The minimum Gasteiger partial charge on any atom is -0.496 e. The van der Waals surface area contributed by atoms with Crippen molar-refractivity contribution in [3.63, 3.8) is 0 Å². The van der Waals surface area contributed by atoms with E-state index < -0.39 is 0 Å². The molecule has 2 aromatic carbocycles. The molecule has 0 fully saturated rings. The first-order valence-corrected chi connectivity index (χ1v) is 8.27. The first-order valence-electron chi connectivity index (χ1n) is 6.82. The Balaban J connectivity index is 1.91. The van der Waals surface area contributed by atoms with Gasteiger partial charge in [0.1, 0.15) is 11.5 Å². The molecule has 23 heavy (non-hydrogen) atoms. The smallest absolute Gasteiger partial charge is 0.343 e. The average molecular weight is 439 g/mol. The number of carbonyl (C=O) groups is 1. The molecular weight excluding hydrogens is 427 g/mol. The summed E-state index contributed by atoms with van der Waals surface area (Å²) >= 11 is 8.07. The van der Waals surface area contributed by atoms with Crippen LogP contribution < -0.4 is 4.74 Å². The fraction of sp³-hybridized carbons (Fsp3) is 0.0556. The highest BCUT2D eigenvalue weighted by molar-refractivity contribution is 14.1. The first-order chi connectivity index (χ1) is 11.1. The summed E-state index contributed by atoms with van der Waals surface area (Å²) in [7, 11) is 1.63. The summed E-state index contributed by atoms with van der Waals surface area (Å²) in [6.07, 6.45) is 3.54. The third kappa shape index (κ3) is 3.59. The maximum atomic E-state index is 12.0. The number of carbonyl (C=O) groups excluding carboxylic acids is 1. The van der Waals surface area contributed by atoms with Crippen LogP contribution in [0.1, 0.15) is 11.1 Å². The predicted molar refractivity (Wildman–Crippen MR) is 99.2 cm³/mol. The molecule has 2 aromatic rings. The number of ether oxygens (including phenoxy) is 2. The third-order valence-electron chi connectivity index (χ3n) is 3.35. The Bertz CT molecular complexity index is 823. The van der Waals surface area contributed by atoms with Crippen LogP contribution in [0.3, 0.4) is 0 Å². The summed E-state index contributed by atoms with van der Waals surface area (Å²) in [5, 5.41) is 0.641. The highest BCUT2D eigenvalue weighted by Gasteiger charge is 2.22. The molecule has 1 aliphatic heterocycles. The highest BCUT2D eigenvalue weighted by atomic mass is 127. The van der Waals surface area contributed by atoms with Gasteiger partial charge in [0.05, 0.1) is 16.3 Å². The van der Waals surface area contributed by atoms with Crippen LogP contribution in [-0.4, -0.2) is 13.1 Å². The van der Waals surface area contributed by atoms with Crippen molar-refractivity contribution in [2.75, 3.05) is 7.11 Å². The minimum atomic E-state index is -0.360. The Morgan fingerprint density at radius 1 is 1.17 bits per heavy atom. The van der Waals surface area contributed by atoms with E-state index in [9.17, 15) is 4.79 Å². The second-order valence-electron chi connectivity index (χ2n) is 4.90. The van der Waals surface area contributed by atoms with Crippen molar-refractivity contribution in [3.8, 4) is 5.75 Å². The monoisotopic (exact) mass is 438 g/mol. The zero-order valence-corrected chi connectivity index (χ0v) is 15.1. The Labute approximate surface area is 152 Å². The lowest BCUT2D eigenvalue weighted by atomic mass is 10.1. The molecule has 3 rings (SSSR count). The topological polar surface area (TPSA) is 35.5 Å². The number of hydrogen-bond acceptors (Lipinski definition) is 3. The van der Waals surface area contributed by atoms with Crippen LogP contribution in [0.2, 0.25) is 5.02 Å². The van der Waals surface area contributed by atoms with E-state index in [0.717, 1.165) is 20.4 Å². The minimum absolute atomic E-state index is 0.360. The van der Waals surface area contributed by atoms with Crippen LogP contribution in [0.25, 0.3) is 11.8 Å². The van der Waals surface area contributed by atoms with Crippen LogP contribution in [0, 0.1) is 3.57 Å². The quantitative estimate of drug-likeness (QED) is 0.387. The van der Waals surface area contributed by atoms with Crippen LogP contribution >= 0.6 is 34.2 Å². The molecule has 1 heterocycles. The maximum absolute atomic E-state index is 12.0. The lowest BCUT2D eigenvalue weighted by Gasteiger charge is -2.03. The molecule has 0 aliphatic carbocycles. The molecule has 116 valence electrons. The molecule has 0 unspecified atom stereocenters. The van der Waals surface area contributed by atoms with Crippen molar-refractivity contribution in [2.45, 2.75) is 0 Å². The second kappa shape index (κ2) is 6.76. The summed E-state index contributed by atoms with van der Waals surface area (Å²) in [4.78, 5) is 12.0. The highest BCUT2D eigenvalue weighted by Crippen LogP contribution is 2.29. The summed E-state index contributed by atoms with van der Waals surface area (Å²) in [6.45, 7) is 0. The molecule has 0 radical (unpaired) electrons. The largest absolute Gasteiger partial charge is 0.496 e. The van der Waals surface area contributed by atoms with Gasteiger partial charge in [-0.2, -0.15) is 0 Å². The van der Waals surface area contributed by atoms with Gasteiger partial charge in [0.2, 0.25) is 0 Å². The molecule has 3 nitrogen and oxygen atoms in total. The molecule has 0 saturated carbocycles. The fourth-order valence-corrected chi connectivity index (χ4v) is 3.08. The van der Waals surface area contributed by atoms with E-state index in [1.807, 2.05) is 30.3 Å². The molecule has 0 atom stereocenters. The van der Waals surface area contributed by atoms with Gasteiger partial charge in [0.15, 0.2) is 0 Å². The van der Waals surface area contributed by atoms with Crippen molar-refractivity contribution >= 4 is 52.0 Å². The number of halogens is 2. The lowest BCUT2D eigenvalue weighted by molar-refractivity contribution is -0.130. The van der Waals surface area contributed by atoms with Crippen LogP contribution in [0.4, 0.5) is 0 Å². The Morgan fingerprint density at radius 2 is 1.91 bits per heavy atom. The van der Waals surface area contributed by atoms with Crippen LogP contribution in [-0.2, 0) is 9.53 Å². The van der Waals surface area contributed by atoms with Gasteiger partial charge in [0, 0.05) is 10.6 Å². The second-order valence-corrected chi connectivity index (χ2v) is 6.50. The van der Waals surface area contributed by atoms with E-state index in [0.29, 0.717) is 16.4 Å². The Morgan fingerprint density at radius 3 is 2.57 bits per heavy atom. The number of rotatable bonds is 3. The van der Waals surface area contributed by atoms with E-state index in [2.05, 4.69) is 22.6 Å². The SMILES string of the molecule is COc1ccc(/C=C2\C=C(c3ccc(Cl)cc3)OC2=O)cc1I. The van der Waals surface area contributed by atoms with Gasteiger partial charge < -0.3 is 9.47 Å². The van der Waals surface area contributed by atoms with Crippen molar-refractivity contribution < 1.29 is 14.3 Å². The van der Waals surface area contributed by atoms with E-state index in [1.54, 1.807) is 31.4 Å². The maximum Gasteiger partial charge on any atom is 0.343 e. The summed E-state index contributed by atoms with van der Waals surface area (Å²) in [6, 6.07) is 12.9. The number of esters is 1. The van der Waals surface area contributed by atoms with E-state index in [1.165, 1.54) is 0 Å². The molecule has 0 amide bonds. The number of cyclic esters (lactones) is 1. The number of benzene rings is 2. The van der Waals surface area contributed by atoms with Crippen LogP contribution in [0.15, 0.2) is 54.1 Å². The lowest BCUT2D eigenvalue weighted by Crippen LogP contribution is -1.97. The number of methoxy groups -OCH3 is 1. The van der Waals surface area contributed by atoms with Crippen molar-refractivity contribution in [3.05, 3.63) is 73.8 Å². The fourth-order valence-electron chi connectivity index (χ4n) is 2.20. The Hall–Kier alpha value is -1.79. The van der Waals surface area contributed by atoms with Gasteiger partial charge in [-0.05, 0) is 76.7 Å². The molecule has 5 heteroatoms. The summed E-state index contributed by atoms with van der Waals surface area (Å²) in [5.74, 6) is 0.973. The third-order valence-corrected chi connectivity index (χ3v) is 4.45. The van der Waals surface area contributed by atoms with Crippen LogP contribution in [0.5, 0.6) is 5.75 Å². The van der Waals surface area contributed by atoms with Gasteiger partial charge in [-0.25, -0.2) is 4.79 Å². The van der Waals surface area contributed by atoms with Gasteiger partial charge in [-0.3, -0.25) is 0 Å². The van der Waals surface area contributed by atoms with Gasteiger partial charge >= 0.3 is 5.97 Å². The van der Waals surface area contributed by atoms with E-state index >= 15 is 0 Å². The Kier molecular flexibility index (Phi) is 4.73. The summed E-state index contributed by atoms with van der Waals surface area (Å²) in [5.41, 5.74) is 2.24. The van der Waals surface area contributed by atoms with Crippen molar-refractivity contribution in [2.24, 2.45) is 0 Å². The molecule has 0 saturated heterocycles. The van der Waals surface area contributed by atoms with E-state index in [4.69, 9.17) is 21.1 Å². The normalized spacial score (nSPS) is 15.5. The molecule has 1 aliphatic rings. The zero-order valence-electron chi connectivity index (χ0n) is 12.2. The molecule has 0 spiro atoms. The molecule has 0 bridgehead atoms. The van der Waals surface area contributed by atoms with Gasteiger partial charge in [-0.1, -0.05) is 17.7 Å². The molecule has 0 N–H and O–H groups in total. The average Bonchev–Trinajstić information content (AvgIpc) is 2.89. The molecular formula is C18H12ClIO3. The number of hydrogen-bond donors (Lipinski definition) is 0. The zero-order chi connectivity index (χ0) is 16.4. The van der Waals surface area contributed by atoms with Crippen molar-refractivity contribution in [1.29, 1.82) is 0 Å². The predicted octanol–water partition coefficient (Wildman–Crippen LogP) is 4.93. The standard InChI is InChI=1S/C18H12ClIO3/c1-22-16-7-2-11(9-15(16)20)8-13-10-17(23-18(13)21)12-3-5-14(19)6-4-12/h2-10H,1H3/b13-8+. The summed E-state index contributed by atoms with van der Waals surface area (Å²) < 4.78 is 11.5. The van der Waals surface area contributed by atoms with Gasteiger partial charge in [-0.15, -0.1) is 0 Å². The molecule has 0 aromatic heterocycles. The van der Waals surface area contributed by atoms with Crippen molar-refractivity contribution in [1.82, 2.24) is 0 Å². The first kappa shape index (κ1) is 16.1. The van der Waals surface area contributed by atoms with Gasteiger partial charge in [0.25, 0.3) is 0 Å².